The molecular weight excluding hydrogens is 193 g/mol. The predicted octanol–water partition coefficient (Wildman–Crippen LogP) is 3.19. The second-order valence-electron chi connectivity index (χ2n) is 4.13. The molecule has 1 aromatic heterocycles. The van der Waals surface area contributed by atoms with Gasteiger partial charge >= 0.3 is 0 Å². The monoisotopic (exact) mass is 207 g/mol. The van der Waals surface area contributed by atoms with Crippen molar-refractivity contribution in [1.82, 2.24) is 4.98 Å². The molecule has 0 unspecified atom stereocenters. The third-order valence-corrected chi connectivity index (χ3v) is 2.74. The number of hydrogen-bond donors (Lipinski definition) is 1. The fourth-order valence-electron chi connectivity index (χ4n) is 1.54. The largest absolute Gasteiger partial charge is 0.373 e. The molecule has 0 aliphatic carbocycles. The van der Waals surface area contributed by atoms with Gasteiger partial charge in [0.2, 0.25) is 0 Å². The summed E-state index contributed by atoms with van der Waals surface area (Å²) in [5.74, 6) is -0.219. The Morgan fingerprint density at radius 3 is 2.67 bits per heavy atom. The Kier molecular flexibility index (Phi) is 2.27. The highest BCUT2D eigenvalue weighted by Crippen LogP contribution is 2.27. The summed E-state index contributed by atoms with van der Waals surface area (Å²) in [6, 6.07) is 6.62. The molecule has 15 heavy (non-hydrogen) atoms. The molecule has 0 radical (unpaired) electrons. The average Bonchev–Trinajstić information content (AvgIpc) is 2.61. The van der Waals surface area contributed by atoms with Gasteiger partial charge in [0.15, 0.2) is 0 Å². The van der Waals surface area contributed by atoms with Crippen molar-refractivity contribution in [3.05, 3.63) is 35.8 Å². The van der Waals surface area contributed by atoms with Gasteiger partial charge in [0.25, 0.3) is 0 Å². The molecule has 3 heteroatoms. The van der Waals surface area contributed by atoms with Crippen LogP contribution in [0.4, 0.5) is 4.39 Å². The van der Waals surface area contributed by atoms with E-state index in [1.807, 2.05) is 19.9 Å². The van der Waals surface area contributed by atoms with Crippen LogP contribution in [0, 0.1) is 5.82 Å². The molecule has 80 valence electrons. The van der Waals surface area contributed by atoms with E-state index in [1.165, 1.54) is 12.1 Å². The smallest absolute Gasteiger partial charge is 0.123 e. The lowest BCUT2D eigenvalue weighted by Crippen LogP contribution is -2.19. The number of H-pyrrole nitrogens is 1. The van der Waals surface area contributed by atoms with E-state index in [1.54, 1.807) is 13.2 Å². The molecule has 0 atom stereocenters. The number of hydrogen-bond acceptors (Lipinski definition) is 1. The van der Waals surface area contributed by atoms with Crippen LogP contribution in [0.2, 0.25) is 0 Å². The Morgan fingerprint density at radius 1 is 1.27 bits per heavy atom. The zero-order chi connectivity index (χ0) is 11.1. The van der Waals surface area contributed by atoms with Crippen LogP contribution in [-0.2, 0) is 10.3 Å². The molecule has 0 fully saturated rings. The van der Waals surface area contributed by atoms with Crippen LogP contribution in [0.5, 0.6) is 0 Å². The van der Waals surface area contributed by atoms with Gasteiger partial charge in [-0.05, 0) is 38.1 Å². The summed E-state index contributed by atoms with van der Waals surface area (Å²) in [6.45, 7) is 3.93. The highest BCUT2D eigenvalue weighted by molar-refractivity contribution is 5.80. The van der Waals surface area contributed by atoms with Crippen LogP contribution in [0.3, 0.4) is 0 Å². The predicted molar refractivity (Wildman–Crippen MR) is 58.3 cm³/mol. The van der Waals surface area contributed by atoms with Gasteiger partial charge in [-0.1, -0.05) is 0 Å². The first kappa shape index (κ1) is 10.2. The Morgan fingerprint density at radius 2 is 2.00 bits per heavy atom. The van der Waals surface area contributed by atoms with E-state index in [9.17, 15) is 4.39 Å². The zero-order valence-electron chi connectivity index (χ0n) is 9.10. The lowest BCUT2D eigenvalue weighted by atomic mass is 10.1. The lowest BCUT2D eigenvalue weighted by Gasteiger charge is -2.21. The fraction of sp³-hybridized carbons (Fsp3) is 0.333. The van der Waals surface area contributed by atoms with E-state index in [0.717, 1.165) is 16.6 Å². The van der Waals surface area contributed by atoms with Crippen molar-refractivity contribution >= 4 is 10.9 Å². The summed E-state index contributed by atoms with van der Waals surface area (Å²) < 4.78 is 18.3. The van der Waals surface area contributed by atoms with Gasteiger partial charge in [0.05, 0.1) is 0 Å². The standard InChI is InChI=1S/C12H14FNO/c1-12(2,15-3)11-7-8-6-9(13)4-5-10(8)14-11/h4-7,14H,1-3H3. The molecule has 0 aliphatic rings. The molecule has 1 N–H and O–H groups in total. The van der Waals surface area contributed by atoms with E-state index in [0.29, 0.717) is 0 Å². The van der Waals surface area contributed by atoms with Crippen molar-refractivity contribution in [3.8, 4) is 0 Å². The molecule has 1 heterocycles. The fourth-order valence-corrected chi connectivity index (χ4v) is 1.54. The number of rotatable bonds is 2. The molecule has 0 spiro atoms. The van der Waals surface area contributed by atoms with Gasteiger partial charge in [-0.15, -0.1) is 0 Å². The minimum atomic E-state index is -0.379. The minimum Gasteiger partial charge on any atom is -0.373 e. The molecule has 0 bridgehead atoms. The van der Waals surface area contributed by atoms with Crippen molar-refractivity contribution < 1.29 is 9.13 Å². The van der Waals surface area contributed by atoms with Crippen LogP contribution in [0.1, 0.15) is 19.5 Å². The van der Waals surface area contributed by atoms with Crippen molar-refractivity contribution in [2.75, 3.05) is 7.11 Å². The Labute approximate surface area is 88.1 Å². The normalized spacial score (nSPS) is 12.3. The number of benzene rings is 1. The SMILES string of the molecule is COC(C)(C)c1cc2cc(F)ccc2[nH]1. The maximum atomic E-state index is 13.0. The molecule has 2 rings (SSSR count). The number of ether oxygens (including phenoxy) is 1. The first-order valence-corrected chi connectivity index (χ1v) is 4.87. The van der Waals surface area contributed by atoms with E-state index < -0.39 is 0 Å². The number of aromatic nitrogens is 1. The Hall–Kier alpha value is -1.35. The Balaban J connectivity index is 2.56. The van der Waals surface area contributed by atoms with Gasteiger partial charge in [-0.2, -0.15) is 0 Å². The van der Waals surface area contributed by atoms with Gasteiger partial charge in [-0.3, -0.25) is 0 Å². The molecule has 2 nitrogen and oxygen atoms in total. The molecule has 0 aliphatic heterocycles. The van der Waals surface area contributed by atoms with E-state index in [-0.39, 0.29) is 11.4 Å². The van der Waals surface area contributed by atoms with E-state index in [4.69, 9.17) is 4.74 Å². The summed E-state index contributed by atoms with van der Waals surface area (Å²) in [4.78, 5) is 3.22. The van der Waals surface area contributed by atoms with E-state index >= 15 is 0 Å². The Bertz CT molecular complexity index is 487. The van der Waals surface area contributed by atoms with E-state index in [2.05, 4.69) is 4.98 Å². The van der Waals surface area contributed by atoms with Crippen molar-refractivity contribution in [1.29, 1.82) is 0 Å². The quantitative estimate of drug-likeness (QED) is 0.803. The lowest BCUT2D eigenvalue weighted by molar-refractivity contribution is 0.0161. The second-order valence-corrected chi connectivity index (χ2v) is 4.13. The van der Waals surface area contributed by atoms with Gasteiger partial charge in [-0.25, -0.2) is 4.39 Å². The molecular formula is C12H14FNO. The molecule has 0 saturated heterocycles. The minimum absolute atomic E-state index is 0.219. The molecule has 1 aromatic carbocycles. The third kappa shape index (κ3) is 1.75. The highest BCUT2D eigenvalue weighted by atomic mass is 19.1. The number of halogens is 1. The summed E-state index contributed by atoms with van der Waals surface area (Å²) in [6.07, 6.45) is 0. The first-order chi connectivity index (χ1) is 7.03. The third-order valence-electron chi connectivity index (χ3n) is 2.74. The number of nitrogens with one attached hydrogen (secondary N) is 1. The topological polar surface area (TPSA) is 25.0 Å². The van der Waals surface area contributed by atoms with Crippen LogP contribution < -0.4 is 0 Å². The van der Waals surface area contributed by atoms with Crippen LogP contribution in [-0.4, -0.2) is 12.1 Å². The van der Waals surface area contributed by atoms with Crippen LogP contribution in [0.15, 0.2) is 24.3 Å². The first-order valence-electron chi connectivity index (χ1n) is 4.87. The average molecular weight is 207 g/mol. The zero-order valence-corrected chi connectivity index (χ0v) is 9.10. The second kappa shape index (κ2) is 3.35. The maximum absolute atomic E-state index is 13.0. The summed E-state index contributed by atoms with van der Waals surface area (Å²) in [7, 11) is 1.66. The maximum Gasteiger partial charge on any atom is 0.123 e. The summed E-state index contributed by atoms with van der Waals surface area (Å²) in [5, 5.41) is 0.870. The number of aromatic amines is 1. The number of methoxy groups -OCH3 is 1. The van der Waals surface area contributed by atoms with Gasteiger partial charge in [0, 0.05) is 23.7 Å². The van der Waals surface area contributed by atoms with Crippen LogP contribution >= 0.6 is 0 Å². The molecule has 0 amide bonds. The summed E-state index contributed by atoms with van der Waals surface area (Å²) in [5.41, 5.74) is 1.50. The number of fused-ring (bicyclic) bond motifs is 1. The molecule has 0 saturated carbocycles. The van der Waals surface area contributed by atoms with Crippen molar-refractivity contribution in [3.63, 3.8) is 0 Å². The van der Waals surface area contributed by atoms with Gasteiger partial charge < -0.3 is 9.72 Å². The molecule has 2 aromatic rings. The van der Waals surface area contributed by atoms with Gasteiger partial charge in [0.1, 0.15) is 11.4 Å². The highest BCUT2D eigenvalue weighted by Gasteiger charge is 2.21. The van der Waals surface area contributed by atoms with Crippen LogP contribution in [0.25, 0.3) is 10.9 Å². The van der Waals surface area contributed by atoms with Crippen molar-refractivity contribution in [2.45, 2.75) is 19.4 Å². The summed E-state index contributed by atoms with van der Waals surface area (Å²) >= 11 is 0. The van der Waals surface area contributed by atoms with Crippen molar-refractivity contribution in [2.24, 2.45) is 0 Å².